The molecule has 1 rings (SSSR count). The Morgan fingerprint density at radius 2 is 2.15 bits per heavy atom. The SMILES string of the molecule is CCOC(=O)Nc1cc(CCC(=O)O)ccc1[N+](=O)[O-]. The van der Waals surface area contributed by atoms with Gasteiger partial charge in [-0.05, 0) is 25.0 Å². The number of aryl methyl sites for hydroxylation is 1. The van der Waals surface area contributed by atoms with Crippen molar-refractivity contribution in [2.75, 3.05) is 11.9 Å². The molecule has 0 aromatic heterocycles. The van der Waals surface area contributed by atoms with Crippen LogP contribution in [0.3, 0.4) is 0 Å². The second-order valence-corrected chi connectivity index (χ2v) is 3.85. The molecule has 0 aliphatic heterocycles. The van der Waals surface area contributed by atoms with E-state index in [1.807, 2.05) is 0 Å². The lowest BCUT2D eigenvalue weighted by molar-refractivity contribution is -0.383. The number of carbonyl (C=O) groups excluding carboxylic acids is 1. The third kappa shape index (κ3) is 4.56. The molecule has 0 aliphatic rings. The maximum Gasteiger partial charge on any atom is 0.411 e. The highest BCUT2D eigenvalue weighted by atomic mass is 16.6. The summed E-state index contributed by atoms with van der Waals surface area (Å²) in [5.41, 5.74) is 0.276. The van der Waals surface area contributed by atoms with Gasteiger partial charge in [0.05, 0.1) is 11.5 Å². The Hall–Kier alpha value is -2.64. The van der Waals surface area contributed by atoms with Gasteiger partial charge >= 0.3 is 12.1 Å². The summed E-state index contributed by atoms with van der Waals surface area (Å²) in [6, 6.07) is 4.05. The van der Waals surface area contributed by atoms with E-state index in [0.29, 0.717) is 5.56 Å². The fourth-order valence-electron chi connectivity index (χ4n) is 1.53. The zero-order valence-corrected chi connectivity index (χ0v) is 10.8. The third-order valence-electron chi connectivity index (χ3n) is 2.40. The van der Waals surface area contributed by atoms with Crippen molar-refractivity contribution in [1.29, 1.82) is 0 Å². The number of carboxylic acids is 1. The molecule has 0 atom stereocenters. The number of nitrogens with one attached hydrogen (secondary N) is 1. The van der Waals surface area contributed by atoms with Crippen LogP contribution in [-0.2, 0) is 16.0 Å². The Morgan fingerprint density at radius 3 is 2.70 bits per heavy atom. The number of carbonyl (C=O) groups is 2. The lowest BCUT2D eigenvalue weighted by Gasteiger charge is -2.07. The van der Waals surface area contributed by atoms with Crippen molar-refractivity contribution in [3.05, 3.63) is 33.9 Å². The highest BCUT2D eigenvalue weighted by molar-refractivity contribution is 5.88. The number of nitro groups is 1. The summed E-state index contributed by atoms with van der Waals surface area (Å²) in [6.45, 7) is 1.75. The predicted molar refractivity (Wildman–Crippen MR) is 69.7 cm³/mol. The fourth-order valence-corrected chi connectivity index (χ4v) is 1.53. The third-order valence-corrected chi connectivity index (χ3v) is 2.40. The summed E-state index contributed by atoms with van der Waals surface area (Å²) in [7, 11) is 0. The van der Waals surface area contributed by atoms with E-state index in [1.165, 1.54) is 18.2 Å². The van der Waals surface area contributed by atoms with Crippen molar-refractivity contribution in [1.82, 2.24) is 0 Å². The second kappa shape index (κ2) is 7.07. The van der Waals surface area contributed by atoms with Crippen molar-refractivity contribution in [2.24, 2.45) is 0 Å². The molecule has 1 aromatic carbocycles. The normalized spacial score (nSPS) is 9.85. The molecule has 20 heavy (non-hydrogen) atoms. The van der Waals surface area contributed by atoms with Crippen molar-refractivity contribution in [2.45, 2.75) is 19.8 Å². The van der Waals surface area contributed by atoms with Gasteiger partial charge in [0, 0.05) is 12.5 Å². The molecule has 108 valence electrons. The molecule has 0 bridgehead atoms. The zero-order valence-electron chi connectivity index (χ0n) is 10.8. The molecule has 0 heterocycles. The molecule has 0 saturated heterocycles. The van der Waals surface area contributed by atoms with Gasteiger partial charge in [0.2, 0.25) is 0 Å². The van der Waals surface area contributed by atoms with Crippen molar-refractivity contribution < 1.29 is 24.4 Å². The number of hydrogen-bond donors (Lipinski definition) is 2. The largest absolute Gasteiger partial charge is 0.481 e. The van der Waals surface area contributed by atoms with Crippen LogP contribution in [-0.4, -0.2) is 28.7 Å². The lowest BCUT2D eigenvalue weighted by atomic mass is 10.1. The monoisotopic (exact) mass is 282 g/mol. The Bertz CT molecular complexity index is 529. The molecule has 0 fully saturated rings. The van der Waals surface area contributed by atoms with Crippen LogP contribution >= 0.6 is 0 Å². The van der Waals surface area contributed by atoms with Crippen LogP contribution in [0.5, 0.6) is 0 Å². The summed E-state index contributed by atoms with van der Waals surface area (Å²) in [5.74, 6) is -0.969. The number of carboxylic acid groups (broad SMARTS) is 1. The van der Waals surface area contributed by atoms with Crippen LogP contribution in [0, 0.1) is 10.1 Å². The van der Waals surface area contributed by atoms with E-state index in [4.69, 9.17) is 5.11 Å². The van der Waals surface area contributed by atoms with Crippen LogP contribution in [0.1, 0.15) is 18.9 Å². The summed E-state index contributed by atoms with van der Waals surface area (Å²) in [6.07, 6.45) is -0.687. The van der Waals surface area contributed by atoms with E-state index in [0.717, 1.165) is 0 Å². The van der Waals surface area contributed by atoms with Crippen LogP contribution < -0.4 is 5.32 Å². The number of aliphatic carboxylic acids is 1. The minimum Gasteiger partial charge on any atom is -0.481 e. The van der Waals surface area contributed by atoms with Crippen LogP contribution in [0.25, 0.3) is 0 Å². The molecule has 1 amide bonds. The number of anilines is 1. The van der Waals surface area contributed by atoms with Gasteiger partial charge in [-0.1, -0.05) is 6.07 Å². The lowest BCUT2D eigenvalue weighted by Crippen LogP contribution is -2.14. The number of nitro benzene ring substituents is 1. The number of hydrogen-bond acceptors (Lipinski definition) is 5. The number of nitrogens with zero attached hydrogens (tertiary/aromatic N) is 1. The molecule has 0 aliphatic carbocycles. The maximum absolute atomic E-state index is 11.3. The molecular formula is C12H14N2O6. The van der Waals surface area contributed by atoms with Crippen LogP contribution in [0.15, 0.2) is 18.2 Å². The Balaban J connectivity index is 2.96. The van der Waals surface area contributed by atoms with Gasteiger partial charge in [-0.15, -0.1) is 0 Å². The Labute approximate surface area is 114 Å². The second-order valence-electron chi connectivity index (χ2n) is 3.85. The predicted octanol–water partition coefficient (Wildman–Crippen LogP) is 2.18. The van der Waals surface area contributed by atoms with Crippen LogP contribution in [0.2, 0.25) is 0 Å². The van der Waals surface area contributed by atoms with Gasteiger partial charge in [0.25, 0.3) is 5.69 Å². The van der Waals surface area contributed by atoms with Crippen molar-refractivity contribution in [3.8, 4) is 0 Å². The van der Waals surface area contributed by atoms with Crippen molar-refractivity contribution in [3.63, 3.8) is 0 Å². The number of rotatable bonds is 6. The highest BCUT2D eigenvalue weighted by Gasteiger charge is 2.17. The Kier molecular flexibility index (Phi) is 5.45. The maximum atomic E-state index is 11.3. The van der Waals surface area contributed by atoms with E-state index in [1.54, 1.807) is 6.92 Å². The topological polar surface area (TPSA) is 119 Å². The van der Waals surface area contributed by atoms with Gasteiger partial charge < -0.3 is 9.84 Å². The van der Waals surface area contributed by atoms with E-state index < -0.39 is 17.0 Å². The quantitative estimate of drug-likeness (QED) is 0.609. The average Bonchev–Trinajstić information content (AvgIpc) is 2.36. The molecule has 0 radical (unpaired) electrons. The van der Waals surface area contributed by atoms with E-state index >= 15 is 0 Å². The molecule has 0 saturated carbocycles. The molecule has 0 unspecified atom stereocenters. The summed E-state index contributed by atoms with van der Waals surface area (Å²) in [5, 5.41) is 21.7. The molecule has 0 spiro atoms. The summed E-state index contributed by atoms with van der Waals surface area (Å²) >= 11 is 0. The standard InChI is InChI=1S/C12H14N2O6/c1-2-20-12(17)13-9-7-8(4-6-11(15)16)3-5-10(9)14(18)19/h3,5,7H,2,4,6H2,1H3,(H,13,17)(H,15,16). The molecule has 1 aromatic rings. The van der Waals surface area contributed by atoms with Gasteiger partial charge in [-0.3, -0.25) is 20.2 Å². The first kappa shape index (κ1) is 15.4. The van der Waals surface area contributed by atoms with Crippen LogP contribution in [0.4, 0.5) is 16.2 Å². The Morgan fingerprint density at radius 1 is 1.45 bits per heavy atom. The van der Waals surface area contributed by atoms with E-state index in [9.17, 15) is 19.7 Å². The van der Waals surface area contributed by atoms with E-state index in [-0.39, 0.29) is 30.8 Å². The molecular weight excluding hydrogens is 268 g/mol. The highest BCUT2D eigenvalue weighted by Crippen LogP contribution is 2.26. The first-order valence-corrected chi connectivity index (χ1v) is 5.87. The average molecular weight is 282 g/mol. The van der Waals surface area contributed by atoms with Crippen molar-refractivity contribution >= 4 is 23.4 Å². The molecule has 2 N–H and O–H groups in total. The van der Waals surface area contributed by atoms with Gasteiger partial charge in [-0.2, -0.15) is 0 Å². The van der Waals surface area contributed by atoms with Gasteiger partial charge in [0.1, 0.15) is 5.69 Å². The molecule has 8 heteroatoms. The minimum absolute atomic E-state index is 0.0173. The summed E-state index contributed by atoms with van der Waals surface area (Å²) in [4.78, 5) is 32.0. The number of ether oxygens (including phenoxy) is 1. The summed E-state index contributed by atoms with van der Waals surface area (Å²) < 4.78 is 4.65. The zero-order chi connectivity index (χ0) is 15.1. The van der Waals surface area contributed by atoms with Gasteiger partial charge in [-0.25, -0.2) is 4.79 Å². The number of benzene rings is 1. The first-order valence-electron chi connectivity index (χ1n) is 5.87. The smallest absolute Gasteiger partial charge is 0.411 e. The van der Waals surface area contributed by atoms with Gasteiger partial charge in [0.15, 0.2) is 0 Å². The number of amides is 1. The minimum atomic E-state index is -0.969. The fraction of sp³-hybridized carbons (Fsp3) is 0.333. The molecule has 8 nitrogen and oxygen atoms in total. The first-order chi connectivity index (χ1) is 9.43. The van der Waals surface area contributed by atoms with E-state index in [2.05, 4.69) is 10.1 Å².